The van der Waals surface area contributed by atoms with Gasteiger partial charge in [0.15, 0.2) is 5.43 Å². The van der Waals surface area contributed by atoms with Crippen molar-refractivity contribution in [2.45, 2.75) is 33.4 Å². The van der Waals surface area contributed by atoms with E-state index in [9.17, 15) is 9.59 Å². The van der Waals surface area contributed by atoms with E-state index < -0.39 is 0 Å². The number of nitrogens with one attached hydrogen (secondary N) is 3. The minimum atomic E-state index is -0.364. The molecule has 1 amide bonds. The molecule has 0 atom stereocenters. The van der Waals surface area contributed by atoms with Crippen LogP contribution in [0.15, 0.2) is 23.3 Å². The van der Waals surface area contributed by atoms with Crippen molar-refractivity contribution in [2.24, 2.45) is 0 Å². The van der Waals surface area contributed by atoms with Crippen molar-refractivity contribution >= 4 is 5.91 Å². The lowest BCUT2D eigenvalue weighted by atomic mass is 9.96. The number of carbonyl (C=O) groups is 1. The van der Waals surface area contributed by atoms with Crippen LogP contribution in [0.4, 0.5) is 0 Å². The van der Waals surface area contributed by atoms with E-state index in [1.54, 1.807) is 6.92 Å². The lowest BCUT2D eigenvalue weighted by Gasteiger charge is -2.21. The highest BCUT2D eigenvalue weighted by molar-refractivity contribution is 5.93. The van der Waals surface area contributed by atoms with Crippen LogP contribution >= 0.6 is 0 Å². The highest BCUT2D eigenvalue weighted by Crippen LogP contribution is 2.20. The number of amides is 1. The van der Waals surface area contributed by atoms with E-state index in [0.29, 0.717) is 6.54 Å². The maximum absolute atomic E-state index is 12.3. The van der Waals surface area contributed by atoms with E-state index in [2.05, 4.69) is 20.6 Å². The lowest BCUT2D eigenvalue weighted by Crippen LogP contribution is -2.31. The second-order valence-electron chi connectivity index (χ2n) is 5.83. The molecule has 1 aliphatic rings. The summed E-state index contributed by atoms with van der Waals surface area (Å²) in [7, 11) is 0. The first kappa shape index (κ1) is 15.4. The third kappa shape index (κ3) is 3.17. The van der Waals surface area contributed by atoms with Crippen molar-refractivity contribution in [1.82, 2.24) is 20.6 Å². The van der Waals surface area contributed by atoms with Gasteiger partial charge < -0.3 is 15.6 Å². The molecule has 3 heterocycles. The number of hydrogen-bond acceptors (Lipinski definition) is 4. The molecule has 1 aliphatic heterocycles. The maximum atomic E-state index is 12.3. The summed E-state index contributed by atoms with van der Waals surface area (Å²) >= 11 is 0. The number of H-pyrrole nitrogens is 1. The van der Waals surface area contributed by atoms with Gasteiger partial charge in [0.25, 0.3) is 5.91 Å². The SMILES string of the molecule is Cc1cc(=O)c(C(=O)NCc2c(C)ncc3c2CCNC3)c[nH]1. The number of aromatic nitrogens is 2. The zero-order valence-corrected chi connectivity index (χ0v) is 13.3. The average molecular weight is 312 g/mol. The second-order valence-corrected chi connectivity index (χ2v) is 5.83. The van der Waals surface area contributed by atoms with Gasteiger partial charge >= 0.3 is 0 Å². The van der Waals surface area contributed by atoms with Crippen molar-refractivity contribution < 1.29 is 4.79 Å². The Morgan fingerprint density at radius 3 is 3.00 bits per heavy atom. The molecule has 3 N–H and O–H groups in total. The number of rotatable bonds is 3. The van der Waals surface area contributed by atoms with Gasteiger partial charge in [-0.1, -0.05) is 0 Å². The molecule has 0 spiro atoms. The zero-order chi connectivity index (χ0) is 16.4. The number of pyridine rings is 2. The van der Waals surface area contributed by atoms with Crippen LogP contribution in [0.5, 0.6) is 0 Å². The third-order valence-corrected chi connectivity index (χ3v) is 4.20. The smallest absolute Gasteiger partial charge is 0.257 e. The molecule has 23 heavy (non-hydrogen) atoms. The Bertz CT molecular complexity index is 811. The molecule has 0 aromatic carbocycles. The van der Waals surface area contributed by atoms with Crippen molar-refractivity contribution in [1.29, 1.82) is 0 Å². The van der Waals surface area contributed by atoms with Crippen LogP contribution < -0.4 is 16.1 Å². The Labute approximate surface area is 134 Å². The van der Waals surface area contributed by atoms with E-state index >= 15 is 0 Å². The molecule has 0 saturated heterocycles. The summed E-state index contributed by atoms with van der Waals surface area (Å²) in [6.07, 6.45) is 4.28. The van der Waals surface area contributed by atoms with Gasteiger partial charge in [0.2, 0.25) is 0 Å². The zero-order valence-electron chi connectivity index (χ0n) is 13.3. The van der Waals surface area contributed by atoms with Crippen molar-refractivity contribution in [3.8, 4) is 0 Å². The number of carbonyl (C=O) groups excluding carboxylic acids is 1. The molecule has 0 fully saturated rings. The van der Waals surface area contributed by atoms with E-state index in [-0.39, 0.29) is 16.9 Å². The van der Waals surface area contributed by atoms with Gasteiger partial charge in [-0.2, -0.15) is 0 Å². The molecule has 6 heteroatoms. The van der Waals surface area contributed by atoms with Crippen molar-refractivity contribution in [3.63, 3.8) is 0 Å². The Kier molecular flexibility index (Phi) is 4.25. The van der Waals surface area contributed by atoms with Gasteiger partial charge in [-0.25, -0.2) is 0 Å². The topological polar surface area (TPSA) is 86.9 Å². The van der Waals surface area contributed by atoms with Crippen molar-refractivity contribution in [3.05, 3.63) is 62.3 Å². The van der Waals surface area contributed by atoms with Crippen molar-refractivity contribution in [2.75, 3.05) is 6.54 Å². The van der Waals surface area contributed by atoms with Gasteiger partial charge in [0.05, 0.1) is 0 Å². The largest absolute Gasteiger partial charge is 0.364 e. The van der Waals surface area contributed by atoms with Crippen LogP contribution in [0.3, 0.4) is 0 Å². The molecule has 6 nitrogen and oxygen atoms in total. The van der Waals surface area contributed by atoms with Crippen LogP contribution in [-0.4, -0.2) is 22.4 Å². The van der Waals surface area contributed by atoms with Gasteiger partial charge in [0, 0.05) is 42.9 Å². The fourth-order valence-corrected chi connectivity index (χ4v) is 2.89. The molecule has 3 rings (SSSR count). The summed E-state index contributed by atoms with van der Waals surface area (Å²) in [5.74, 6) is -0.364. The normalized spacial score (nSPS) is 13.5. The summed E-state index contributed by atoms with van der Waals surface area (Å²) in [6.45, 7) is 5.84. The van der Waals surface area contributed by atoms with Gasteiger partial charge in [-0.15, -0.1) is 0 Å². The highest BCUT2D eigenvalue weighted by Gasteiger charge is 2.17. The second kappa shape index (κ2) is 6.34. The fourth-order valence-electron chi connectivity index (χ4n) is 2.89. The molecule has 0 saturated carbocycles. The van der Waals surface area contributed by atoms with Crippen LogP contribution in [-0.2, 0) is 19.5 Å². The quantitative estimate of drug-likeness (QED) is 0.788. The van der Waals surface area contributed by atoms with Gasteiger partial charge in [-0.05, 0) is 43.5 Å². The Morgan fingerprint density at radius 2 is 2.22 bits per heavy atom. The molecular weight excluding hydrogens is 292 g/mol. The molecule has 0 radical (unpaired) electrons. The summed E-state index contributed by atoms with van der Waals surface area (Å²) < 4.78 is 0. The predicted octanol–water partition coefficient (Wildman–Crippen LogP) is 0.962. The third-order valence-electron chi connectivity index (χ3n) is 4.20. The molecule has 0 bridgehead atoms. The standard InChI is InChI=1S/C17H20N4O2/c1-10-5-16(22)15(9-19-10)17(23)21-8-14-11(2)20-7-12-6-18-4-3-13(12)14/h5,7,9,18H,3-4,6,8H2,1-2H3,(H,19,22)(H,21,23). The first-order valence-electron chi connectivity index (χ1n) is 7.70. The molecular formula is C17H20N4O2. The van der Waals surface area contributed by atoms with Crippen LogP contribution in [0.1, 0.15) is 38.4 Å². The monoisotopic (exact) mass is 312 g/mol. The maximum Gasteiger partial charge on any atom is 0.257 e. The average Bonchev–Trinajstić information content (AvgIpc) is 2.53. The van der Waals surface area contributed by atoms with Crippen LogP contribution in [0.2, 0.25) is 0 Å². The predicted molar refractivity (Wildman–Crippen MR) is 87.4 cm³/mol. The van der Waals surface area contributed by atoms with Gasteiger partial charge in [-0.3, -0.25) is 14.6 Å². The highest BCUT2D eigenvalue weighted by atomic mass is 16.2. The van der Waals surface area contributed by atoms with E-state index in [4.69, 9.17) is 0 Å². The minimum absolute atomic E-state index is 0.132. The number of aromatic amines is 1. The number of nitrogens with zero attached hydrogens (tertiary/aromatic N) is 1. The summed E-state index contributed by atoms with van der Waals surface area (Å²) in [6, 6.07) is 1.43. The van der Waals surface area contributed by atoms with Gasteiger partial charge in [0.1, 0.15) is 5.56 Å². The Balaban J connectivity index is 1.81. The molecule has 120 valence electrons. The summed E-state index contributed by atoms with van der Waals surface area (Å²) in [5, 5.41) is 6.17. The lowest BCUT2D eigenvalue weighted by molar-refractivity contribution is 0.0949. The fraction of sp³-hybridized carbons (Fsp3) is 0.353. The number of fused-ring (bicyclic) bond motifs is 1. The Morgan fingerprint density at radius 1 is 1.39 bits per heavy atom. The molecule has 0 unspecified atom stereocenters. The number of hydrogen-bond donors (Lipinski definition) is 3. The number of aryl methyl sites for hydroxylation is 2. The van der Waals surface area contributed by atoms with E-state index in [1.807, 2.05) is 13.1 Å². The van der Waals surface area contributed by atoms with Crippen LogP contribution in [0.25, 0.3) is 0 Å². The summed E-state index contributed by atoms with van der Waals surface area (Å²) in [4.78, 5) is 31.5. The van der Waals surface area contributed by atoms with E-state index in [0.717, 1.165) is 36.5 Å². The molecule has 2 aromatic heterocycles. The molecule has 0 aliphatic carbocycles. The minimum Gasteiger partial charge on any atom is -0.364 e. The summed E-state index contributed by atoms with van der Waals surface area (Å²) in [5.41, 5.74) is 5.01. The van der Waals surface area contributed by atoms with Crippen LogP contribution in [0, 0.1) is 13.8 Å². The van der Waals surface area contributed by atoms with E-state index in [1.165, 1.54) is 23.4 Å². The first-order chi connectivity index (χ1) is 11.1. The Hall–Kier alpha value is -2.47. The molecule has 2 aromatic rings. The first-order valence-corrected chi connectivity index (χ1v) is 7.70.